The number of carbonyl (C=O) groups is 2. The molecule has 0 aromatic heterocycles. The maximum atomic E-state index is 13.2. The predicted octanol–water partition coefficient (Wildman–Crippen LogP) is 6.70. The normalized spacial score (nSPS) is 13.3. The van der Waals surface area contributed by atoms with Gasteiger partial charge in [-0.05, 0) is 37.1 Å². The lowest BCUT2D eigenvalue weighted by Gasteiger charge is -2.32. The van der Waals surface area contributed by atoms with Crippen LogP contribution in [0.2, 0.25) is 0 Å². The van der Waals surface area contributed by atoms with Gasteiger partial charge in [-0.2, -0.15) is 0 Å². The second-order valence-corrected chi connectivity index (χ2v) is 8.12. The zero-order chi connectivity index (χ0) is 24.3. The number of benzene rings is 3. The van der Waals surface area contributed by atoms with E-state index in [1.807, 2.05) is 111 Å². The van der Waals surface area contributed by atoms with E-state index in [9.17, 15) is 9.59 Å². The van der Waals surface area contributed by atoms with E-state index >= 15 is 0 Å². The molecule has 4 heteroatoms. The first-order chi connectivity index (χ1) is 16.5. The van der Waals surface area contributed by atoms with E-state index in [2.05, 4.69) is 0 Å². The molecule has 34 heavy (non-hydrogen) atoms. The summed E-state index contributed by atoms with van der Waals surface area (Å²) in [6, 6.07) is 28.2. The van der Waals surface area contributed by atoms with Crippen LogP contribution < -0.4 is 0 Å². The average molecular weight is 454 g/mol. The van der Waals surface area contributed by atoms with Crippen molar-refractivity contribution in [3.63, 3.8) is 0 Å². The van der Waals surface area contributed by atoms with Gasteiger partial charge in [0.1, 0.15) is 6.10 Å². The van der Waals surface area contributed by atoms with E-state index in [0.29, 0.717) is 17.6 Å². The summed E-state index contributed by atoms with van der Waals surface area (Å²) in [5.74, 6) is -0.465. The Labute approximate surface area is 202 Å². The summed E-state index contributed by atoms with van der Waals surface area (Å²) in [5.41, 5.74) is 3.00. The van der Waals surface area contributed by atoms with Crippen molar-refractivity contribution < 1.29 is 14.3 Å². The van der Waals surface area contributed by atoms with Crippen molar-refractivity contribution >= 4 is 11.9 Å². The van der Waals surface area contributed by atoms with Crippen molar-refractivity contribution in [1.29, 1.82) is 0 Å². The van der Waals surface area contributed by atoms with Gasteiger partial charge in [0.2, 0.25) is 5.91 Å². The van der Waals surface area contributed by atoms with Gasteiger partial charge in [0.05, 0.1) is 11.6 Å². The Morgan fingerprint density at radius 3 is 1.94 bits per heavy atom. The van der Waals surface area contributed by atoms with E-state index in [0.717, 1.165) is 11.1 Å². The molecule has 0 fully saturated rings. The lowest BCUT2D eigenvalue weighted by atomic mass is 9.95. The van der Waals surface area contributed by atoms with E-state index in [1.54, 1.807) is 24.1 Å². The minimum absolute atomic E-state index is 0.0758. The van der Waals surface area contributed by atoms with Crippen LogP contribution in [0.5, 0.6) is 0 Å². The Morgan fingerprint density at radius 1 is 0.853 bits per heavy atom. The third kappa shape index (κ3) is 6.55. The minimum atomic E-state index is -0.533. The average Bonchev–Trinajstić information content (AvgIpc) is 2.90. The van der Waals surface area contributed by atoms with E-state index in [4.69, 9.17) is 4.74 Å². The molecule has 3 rings (SSSR count). The van der Waals surface area contributed by atoms with Gasteiger partial charge in [0.15, 0.2) is 0 Å². The molecule has 0 radical (unpaired) electrons. The SMILES string of the molecule is C/C=C\C=C(/C)C(=O)N(C)C(CC(OC(=O)c1ccccc1)c1ccccc1)c1ccccc1. The maximum Gasteiger partial charge on any atom is 0.338 e. The molecule has 0 spiro atoms. The lowest BCUT2D eigenvalue weighted by Crippen LogP contribution is -2.33. The van der Waals surface area contributed by atoms with Gasteiger partial charge in [-0.1, -0.05) is 97.1 Å². The largest absolute Gasteiger partial charge is 0.454 e. The number of hydrogen-bond donors (Lipinski definition) is 0. The molecule has 1 amide bonds. The number of carbonyl (C=O) groups excluding carboxylic acids is 2. The fourth-order valence-corrected chi connectivity index (χ4v) is 3.82. The minimum Gasteiger partial charge on any atom is -0.454 e. The molecule has 0 heterocycles. The maximum absolute atomic E-state index is 13.2. The molecule has 0 saturated heterocycles. The summed E-state index contributed by atoms with van der Waals surface area (Å²) in [5, 5.41) is 0. The Hall–Kier alpha value is -3.92. The van der Waals surface area contributed by atoms with Gasteiger partial charge in [-0.3, -0.25) is 4.79 Å². The number of hydrogen-bond acceptors (Lipinski definition) is 3. The first-order valence-corrected chi connectivity index (χ1v) is 11.4. The Bertz CT molecular complexity index is 1120. The van der Waals surface area contributed by atoms with Crippen molar-refractivity contribution in [2.75, 3.05) is 7.05 Å². The Kier molecular flexibility index (Phi) is 8.98. The molecule has 4 nitrogen and oxygen atoms in total. The summed E-state index contributed by atoms with van der Waals surface area (Å²) in [6.07, 6.45) is 5.44. The van der Waals surface area contributed by atoms with Crippen molar-refractivity contribution in [2.45, 2.75) is 32.4 Å². The lowest BCUT2D eigenvalue weighted by molar-refractivity contribution is -0.128. The van der Waals surface area contributed by atoms with Crippen LogP contribution in [0, 0.1) is 0 Å². The van der Waals surface area contributed by atoms with Crippen molar-refractivity contribution in [1.82, 2.24) is 4.90 Å². The highest BCUT2D eigenvalue weighted by atomic mass is 16.5. The molecule has 0 aliphatic heterocycles. The summed E-state index contributed by atoms with van der Waals surface area (Å²) in [4.78, 5) is 27.9. The first-order valence-electron chi connectivity index (χ1n) is 11.4. The third-order valence-corrected chi connectivity index (χ3v) is 5.72. The highest BCUT2D eigenvalue weighted by Crippen LogP contribution is 2.34. The molecule has 0 aliphatic carbocycles. The van der Waals surface area contributed by atoms with Crippen LogP contribution in [0.25, 0.3) is 0 Å². The van der Waals surface area contributed by atoms with Gasteiger partial charge >= 0.3 is 5.97 Å². The van der Waals surface area contributed by atoms with Gasteiger partial charge in [-0.15, -0.1) is 0 Å². The molecule has 0 N–H and O–H groups in total. The number of allylic oxidation sites excluding steroid dienone is 3. The fourth-order valence-electron chi connectivity index (χ4n) is 3.82. The smallest absolute Gasteiger partial charge is 0.338 e. The number of amides is 1. The van der Waals surface area contributed by atoms with Crippen molar-refractivity contribution in [3.8, 4) is 0 Å². The van der Waals surface area contributed by atoms with E-state index < -0.39 is 6.10 Å². The molecule has 174 valence electrons. The molecule has 2 unspecified atom stereocenters. The van der Waals surface area contributed by atoms with E-state index in [-0.39, 0.29) is 17.9 Å². The predicted molar refractivity (Wildman–Crippen MR) is 136 cm³/mol. The summed E-state index contributed by atoms with van der Waals surface area (Å²) < 4.78 is 6.03. The zero-order valence-corrected chi connectivity index (χ0v) is 19.9. The summed E-state index contributed by atoms with van der Waals surface area (Å²) >= 11 is 0. The highest BCUT2D eigenvalue weighted by molar-refractivity contribution is 5.93. The number of nitrogens with zero attached hydrogens (tertiary/aromatic N) is 1. The molecular weight excluding hydrogens is 422 g/mol. The van der Waals surface area contributed by atoms with Gasteiger partial charge < -0.3 is 9.64 Å². The topological polar surface area (TPSA) is 46.6 Å². The number of ether oxygens (including phenoxy) is 1. The Balaban J connectivity index is 1.95. The van der Waals surface area contributed by atoms with Crippen LogP contribution in [-0.4, -0.2) is 23.8 Å². The first kappa shape index (κ1) is 24.7. The fraction of sp³-hybridized carbons (Fsp3) is 0.200. The highest BCUT2D eigenvalue weighted by Gasteiger charge is 2.29. The molecule has 2 atom stereocenters. The van der Waals surface area contributed by atoms with Crippen LogP contribution in [0.1, 0.15) is 53.9 Å². The molecule has 0 bridgehead atoms. The Morgan fingerprint density at radius 2 is 1.38 bits per heavy atom. The molecule has 0 aliphatic rings. The third-order valence-electron chi connectivity index (χ3n) is 5.72. The molecular formula is C30H31NO3. The van der Waals surface area contributed by atoms with Crippen molar-refractivity contribution in [3.05, 3.63) is 131 Å². The monoisotopic (exact) mass is 453 g/mol. The van der Waals surface area contributed by atoms with Crippen LogP contribution in [0.15, 0.2) is 115 Å². The molecule has 3 aromatic carbocycles. The summed E-state index contributed by atoms with van der Waals surface area (Å²) in [6.45, 7) is 3.72. The van der Waals surface area contributed by atoms with Crippen LogP contribution in [-0.2, 0) is 9.53 Å². The van der Waals surface area contributed by atoms with Gasteiger partial charge in [-0.25, -0.2) is 4.79 Å². The quantitative estimate of drug-likeness (QED) is 0.206. The second kappa shape index (κ2) is 12.4. The second-order valence-electron chi connectivity index (χ2n) is 8.12. The number of rotatable bonds is 9. The van der Waals surface area contributed by atoms with Crippen LogP contribution in [0.3, 0.4) is 0 Å². The van der Waals surface area contributed by atoms with Gasteiger partial charge in [0, 0.05) is 19.0 Å². The van der Waals surface area contributed by atoms with E-state index in [1.165, 1.54) is 0 Å². The van der Waals surface area contributed by atoms with Gasteiger partial charge in [0.25, 0.3) is 0 Å². The molecule has 0 saturated carbocycles. The standard InChI is InChI=1S/C30H31NO3/c1-4-5-15-23(2)29(32)31(3)27(24-16-9-6-10-17-24)22-28(25-18-11-7-12-19-25)34-30(33)26-20-13-8-14-21-26/h4-21,27-28H,22H2,1-3H3/b5-4-,23-15+. The number of esters is 1. The molecule has 3 aromatic rings. The summed E-state index contributed by atoms with van der Waals surface area (Å²) in [7, 11) is 1.80. The van der Waals surface area contributed by atoms with Crippen LogP contribution >= 0.6 is 0 Å². The zero-order valence-electron chi connectivity index (χ0n) is 19.9. The van der Waals surface area contributed by atoms with Crippen LogP contribution in [0.4, 0.5) is 0 Å². The number of likely N-dealkylation sites (N-methyl/N-ethyl adjacent to an activating group) is 1. The van der Waals surface area contributed by atoms with Crippen molar-refractivity contribution in [2.24, 2.45) is 0 Å².